The Kier molecular flexibility index (Phi) is 43.1. The molecule has 350 valence electrons. The lowest BCUT2D eigenvalue weighted by Gasteiger charge is -2.22. The highest BCUT2D eigenvalue weighted by Gasteiger charge is 2.20. The Morgan fingerprint density at radius 3 is 1.34 bits per heavy atom. The van der Waals surface area contributed by atoms with Gasteiger partial charge in [-0.05, 0) is 97.9 Å². The van der Waals surface area contributed by atoms with Gasteiger partial charge in [0.05, 0.1) is 12.5 Å². The van der Waals surface area contributed by atoms with Gasteiger partial charge in [0.15, 0.2) is 0 Å². The fraction of sp³-hybridized carbons (Fsp3) is 0.941. The number of carbonyl (C=O) groups is 3. The standard InChI is InChI=1S/C51H100N2O6/c1-7-10-13-16-19-27-34-45-57-49(54)39-31-23-20-25-32-42-53(44-46-58-50(55)40-35-41-52(5)6)43-33-26-24-28-36-47(4)51(56)59-48(37-29-21-17-14-11-8-2)38-30-22-18-15-12-9-3/h47-48H,7-46H2,1-6H3. The molecule has 0 spiro atoms. The van der Waals surface area contributed by atoms with Crippen molar-refractivity contribution < 1.29 is 28.6 Å². The van der Waals surface area contributed by atoms with Gasteiger partial charge in [0.25, 0.3) is 0 Å². The van der Waals surface area contributed by atoms with Crippen LogP contribution in [0.15, 0.2) is 0 Å². The maximum atomic E-state index is 13.2. The van der Waals surface area contributed by atoms with Crippen LogP contribution in [-0.2, 0) is 28.6 Å². The molecule has 0 N–H and O–H groups in total. The van der Waals surface area contributed by atoms with Crippen molar-refractivity contribution in [1.29, 1.82) is 0 Å². The van der Waals surface area contributed by atoms with Gasteiger partial charge in [0, 0.05) is 19.4 Å². The van der Waals surface area contributed by atoms with Crippen LogP contribution < -0.4 is 0 Å². The topological polar surface area (TPSA) is 85.4 Å². The normalized spacial score (nSPS) is 12.2. The van der Waals surface area contributed by atoms with Crippen LogP contribution in [0.25, 0.3) is 0 Å². The van der Waals surface area contributed by atoms with Gasteiger partial charge in [-0.25, -0.2) is 0 Å². The van der Waals surface area contributed by atoms with E-state index in [1.807, 2.05) is 14.1 Å². The summed E-state index contributed by atoms with van der Waals surface area (Å²) < 4.78 is 17.2. The fourth-order valence-electron chi connectivity index (χ4n) is 7.79. The number of ether oxygens (including phenoxy) is 3. The molecule has 0 rings (SSSR count). The zero-order valence-corrected chi connectivity index (χ0v) is 40.3. The van der Waals surface area contributed by atoms with Crippen LogP contribution in [0.4, 0.5) is 0 Å². The third kappa shape index (κ3) is 41.5. The summed E-state index contributed by atoms with van der Waals surface area (Å²) in [5, 5.41) is 0. The van der Waals surface area contributed by atoms with E-state index in [1.54, 1.807) is 0 Å². The maximum absolute atomic E-state index is 13.2. The molecule has 0 amide bonds. The van der Waals surface area contributed by atoms with E-state index in [9.17, 15) is 14.4 Å². The number of nitrogens with zero attached hydrogens (tertiary/aromatic N) is 2. The van der Waals surface area contributed by atoms with Crippen LogP contribution >= 0.6 is 0 Å². The number of unbranched alkanes of at least 4 members (excludes halogenated alkanes) is 23. The minimum absolute atomic E-state index is 0.00754. The molecule has 1 unspecified atom stereocenters. The summed E-state index contributed by atoms with van der Waals surface area (Å²) in [5.74, 6) is -0.181. The molecule has 0 radical (unpaired) electrons. The highest BCUT2D eigenvalue weighted by Crippen LogP contribution is 2.20. The molecule has 0 bridgehead atoms. The van der Waals surface area contributed by atoms with Crippen molar-refractivity contribution in [2.45, 2.75) is 252 Å². The lowest BCUT2D eigenvalue weighted by Crippen LogP contribution is -2.30. The summed E-state index contributed by atoms with van der Waals surface area (Å²) in [6.45, 7) is 13.5. The number of hydrogen-bond donors (Lipinski definition) is 0. The Hall–Kier alpha value is -1.67. The van der Waals surface area contributed by atoms with Crippen LogP contribution in [0, 0.1) is 5.92 Å². The molecule has 0 aromatic heterocycles. The van der Waals surface area contributed by atoms with Gasteiger partial charge in [-0.15, -0.1) is 0 Å². The third-order valence-corrected chi connectivity index (χ3v) is 11.8. The number of carbonyl (C=O) groups excluding carboxylic acids is 3. The monoisotopic (exact) mass is 837 g/mol. The highest BCUT2D eigenvalue weighted by atomic mass is 16.5. The van der Waals surface area contributed by atoms with Gasteiger partial charge < -0.3 is 19.1 Å². The number of hydrogen-bond acceptors (Lipinski definition) is 8. The van der Waals surface area contributed by atoms with E-state index in [0.29, 0.717) is 26.1 Å². The fourth-order valence-corrected chi connectivity index (χ4v) is 7.79. The molecule has 8 heteroatoms. The Balaban J connectivity index is 4.55. The molecule has 0 aliphatic rings. The summed E-state index contributed by atoms with van der Waals surface area (Å²) in [7, 11) is 4.05. The van der Waals surface area contributed by atoms with Crippen LogP contribution in [0.1, 0.15) is 246 Å². The molecular formula is C51H100N2O6. The second-order valence-electron chi connectivity index (χ2n) is 18.1. The van der Waals surface area contributed by atoms with Crippen LogP contribution in [0.2, 0.25) is 0 Å². The Morgan fingerprint density at radius 1 is 0.424 bits per heavy atom. The van der Waals surface area contributed by atoms with Crippen LogP contribution in [0.5, 0.6) is 0 Å². The summed E-state index contributed by atoms with van der Waals surface area (Å²) in [4.78, 5) is 42.2. The summed E-state index contributed by atoms with van der Waals surface area (Å²) in [5.41, 5.74) is 0. The predicted octanol–water partition coefficient (Wildman–Crippen LogP) is 13.8. The molecular weight excluding hydrogens is 737 g/mol. The number of rotatable bonds is 46. The minimum atomic E-state index is -0.100. The molecule has 0 aromatic rings. The van der Waals surface area contributed by atoms with Crippen molar-refractivity contribution >= 4 is 17.9 Å². The zero-order chi connectivity index (χ0) is 43.4. The lowest BCUT2D eigenvalue weighted by molar-refractivity contribution is -0.154. The van der Waals surface area contributed by atoms with Gasteiger partial charge in [-0.3, -0.25) is 19.3 Å². The Labute approximate surface area is 366 Å². The van der Waals surface area contributed by atoms with E-state index >= 15 is 0 Å². The molecule has 0 aliphatic carbocycles. The van der Waals surface area contributed by atoms with Gasteiger partial charge in [0.2, 0.25) is 0 Å². The van der Waals surface area contributed by atoms with Crippen molar-refractivity contribution in [3.05, 3.63) is 0 Å². The van der Waals surface area contributed by atoms with E-state index in [2.05, 4.69) is 37.5 Å². The highest BCUT2D eigenvalue weighted by molar-refractivity contribution is 5.72. The van der Waals surface area contributed by atoms with E-state index < -0.39 is 0 Å². The first-order valence-corrected chi connectivity index (χ1v) is 25.6. The summed E-state index contributed by atoms with van der Waals surface area (Å²) in [6, 6.07) is 0. The Bertz CT molecular complexity index is 914. The van der Waals surface area contributed by atoms with Gasteiger partial charge >= 0.3 is 17.9 Å². The minimum Gasteiger partial charge on any atom is -0.466 e. The van der Waals surface area contributed by atoms with Gasteiger partial charge in [-0.1, -0.05) is 169 Å². The molecule has 0 aliphatic heterocycles. The molecule has 59 heavy (non-hydrogen) atoms. The first-order chi connectivity index (χ1) is 28.7. The van der Waals surface area contributed by atoms with Crippen LogP contribution in [0.3, 0.4) is 0 Å². The largest absolute Gasteiger partial charge is 0.466 e. The van der Waals surface area contributed by atoms with Crippen molar-refractivity contribution in [2.24, 2.45) is 5.92 Å². The first kappa shape index (κ1) is 57.3. The molecule has 0 aromatic carbocycles. The van der Waals surface area contributed by atoms with Crippen molar-refractivity contribution in [1.82, 2.24) is 9.80 Å². The molecule has 0 saturated carbocycles. The number of esters is 3. The van der Waals surface area contributed by atoms with Crippen molar-refractivity contribution in [3.8, 4) is 0 Å². The summed E-state index contributed by atoms with van der Waals surface area (Å²) >= 11 is 0. The van der Waals surface area contributed by atoms with E-state index in [0.717, 1.165) is 122 Å². The Morgan fingerprint density at radius 2 is 0.831 bits per heavy atom. The predicted molar refractivity (Wildman–Crippen MR) is 250 cm³/mol. The maximum Gasteiger partial charge on any atom is 0.308 e. The molecule has 8 nitrogen and oxygen atoms in total. The van der Waals surface area contributed by atoms with E-state index in [-0.39, 0.29) is 29.9 Å². The van der Waals surface area contributed by atoms with Crippen molar-refractivity contribution in [3.63, 3.8) is 0 Å². The SMILES string of the molecule is CCCCCCCCCOC(=O)CCCCCCCN(CCCCCCC(C)C(=O)OC(CCCCCCCC)CCCCCCCC)CCOC(=O)CCCN(C)C. The first-order valence-electron chi connectivity index (χ1n) is 25.6. The average Bonchev–Trinajstić information content (AvgIpc) is 3.21. The smallest absolute Gasteiger partial charge is 0.308 e. The third-order valence-electron chi connectivity index (χ3n) is 11.8. The average molecular weight is 837 g/mol. The van der Waals surface area contributed by atoms with Crippen LogP contribution in [-0.4, -0.2) is 87.3 Å². The lowest BCUT2D eigenvalue weighted by atomic mass is 10.0. The quantitative estimate of drug-likeness (QED) is 0.0340. The van der Waals surface area contributed by atoms with E-state index in [1.165, 1.54) is 109 Å². The zero-order valence-electron chi connectivity index (χ0n) is 40.3. The molecule has 0 fully saturated rings. The molecule has 1 atom stereocenters. The molecule has 0 heterocycles. The van der Waals surface area contributed by atoms with E-state index in [4.69, 9.17) is 14.2 Å². The second kappa shape index (κ2) is 44.4. The molecule has 0 saturated heterocycles. The van der Waals surface area contributed by atoms with Gasteiger partial charge in [-0.2, -0.15) is 0 Å². The summed E-state index contributed by atoms with van der Waals surface area (Å²) in [6.07, 6.45) is 38.4. The van der Waals surface area contributed by atoms with Crippen molar-refractivity contribution in [2.75, 3.05) is 53.5 Å². The second-order valence-corrected chi connectivity index (χ2v) is 18.1. The van der Waals surface area contributed by atoms with Gasteiger partial charge in [0.1, 0.15) is 12.7 Å².